The summed E-state index contributed by atoms with van der Waals surface area (Å²) < 4.78 is 0. The normalized spacial score (nSPS) is 23.1. The van der Waals surface area contributed by atoms with E-state index in [-0.39, 0.29) is 17.7 Å². The summed E-state index contributed by atoms with van der Waals surface area (Å²) in [5.41, 5.74) is 0. The minimum atomic E-state index is -0.127. The first-order chi connectivity index (χ1) is 5.52. The van der Waals surface area contributed by atoms with Gasteiger partial charge in [-0.3, -0.25) is 9.59 Å². The highest BCUT2D eigenvalue weighted by atomic mass is 16.2. The van der Waals surface area contributed by atoms with Gasteiger partial charge in [0.05, 0.1) is 5.92 Å². The molecule has 1 heterocycles. The van der Waals surface area contributed by atoms with E-state index in [1.807, 2.05) is 0 Å². The van der Waals surface area contributed by atoms with Crippen LogP contribution in [0.3, 0.4) is 0 Å². The van der Waals surface area contributed by atoms with E-state index >= 15 is 0 Å². The smallest absolute Gasteiger partial charge is 0.227 e. The predicted octanol–water partition coefficient (Wildman–Crippen LogP) is -0.447. The monoisotopic (exact) mass is 170 g/mol. The number of likely N-dealkylation sites (tertiary alicyclic amines) is 1. The van der Waals surface area contributed by atoms with E-state index in [4.69, 9.17) is 0 Å². The standard InChI is InChI=1S/C8H14N2O2/c1-9(2)8(12)6-4-7(11)10(3)5-6/h6H,4-5H2,1-3H3. The molecule has 0 aromatic carbocycles. The molecule has 2 amide bonds. The molecule has 0 aromatic rings. The van der Waals surface area contributed by atoms with E-state index in [0.29, 0.717) is 13.0 Å². The van der Waals surface area contributed by atoms with Gasteiger partial charge in [-0.05, 0) is 0 Å². The Morgan fingerprint density at radius 2 is 2.17 bits per heavy atom. The summed E-state index contributed by atoms with van der Waals surface area (Å²) in [5.74, 6) is -0.0135. The zero-order valence-electron chi connectivity index (χ0n) is 7.70. The molecule has 0 spiro atoms. The van der Waals surface area contributed by atoms with Crippen LogP contribution in [0, 0.1) is 5.92 Å². The summed E-state index contributed by atoms with van der Waals surface area (Å²) >= 11 is 0. The Hall–Kier alpha value is -1.06. The Kier molecular flexibility index (Phi) is 2.35. The number of hydrogen-bond acceptors (Lipinski definition) is 2. The Bertz CT molecular complexity index is 213. The van der Waals surface area contributed by atoms with Crippen LogP contribution >= 0.6 is 0 Å². The minimum absolute atomic E-state index is 0.0488. The SMILES string of the molecule is CN(C)C(=O)C1CC(=O)N(C)C1. The van der Waals surface area contributed by atoms with Gasteiger partial charge in [-0.1, -0.05) is 0 Å². The van der Waals surface area contributed by atoms with Gasteiger partial charge in [0.2, 0.25) is 11.8 Å². The van der Waals surface area contributed by atoms with Crippen LogP contribution < -0.4 is 0 Å². The van der Waals surface area contributed by atoms with Gasteiger partial charge in [-0.25, -0.2) is 0 Å². The third-order valence-corrected chi connectivity index (χ3v) is 2.13. The second kappa shape index (κ2) is 3.13. The van der Waals surface area contributed by atoms with Crippen molar-refractivity contribution in [1.82, 2.24) is 9.80 Å². The van der Waals surface area contributed by atoms with Crippen molar-refractivity contribution in [1.29, 1.82) is 0 Å². The molecule has 1 rings (SSSR count). The van der Waals surface area contributed by atoms with Crippen LogP contribution in [-0.2, 0) is 9.59 Å². The summed E-state index contributed by atoms with van der Waals surface area (Å²) in [6.45, 7) is 0.565. The summed E-state index contributed by atoms with van der Waals surface area (Å²) in [6.07, 6.45) is 0.369. The Morgan fingerprint density at radius 3 is 2.50 bits per heavy atom. The van der Waals surface area contributed by atoms with Crippen LogP contribution in [0.5, 0.6) is 0 Å². The molecule has 0 aromatic heterocycles. The molecule has 1 saturated heterocycles. The highest BCUT2D eigenvalue weighted by Crippen LogP contribution is 2.17. The van der Waals surface area contributed by atoms with Crippen molar-refractivity contribution in [3.63, 3.8) is 0 Å². The summed E-state index contributed by atoms with van der Waals surface area (Å²) in [6, 6.07) is 0. The van der Waals surface area contributed by atoms with E-state index < -0.39 is 0 Å². The van der Waals surface area contributed by atoms with E-state index in [1.165, 1.54) is 4.90 Å². The van der Waals surface area contributed by atoms with Gasteiger partial charge in [-0.15, -0.1) is 0 Å². The Labute approximate surface area is 72.1 Å². The molecule has 0 N–H and O–H groups in total. The largest absolute Gasteiger partial charge is 0.349 e. The molecule has 0 aliphatic carbocycles. The molecular formula is C8H14N2O2. The molecule has 1 aliphatic rings. The predicted molar refractivity (Wildman–Crippen MR) is 44.4 cm³/mol. The summed E-state index contributed by atoms with van der Waals surface area (Å²) in [7, 11) is 5.15. The molecule has 0 radical (unpaired) electrons. The lowest BCUT2D eigenvalue weighted by Gasteiger charge is -2.15. The fourth-order valence-electron chi connectivity index (χ4n) is 1.39. The third kappa shape index (κ3) is 1.57. The number of hydrogen-bond donors (Lipinski definition) is 0. The molecule has 1 aliphatic heterocycles. The topological polar surface area (TPSA) is 40.6 Å². The van der Waals surface area contributed by atoms with Crippen molar-refractivity contribution in [2.45, 2.75) is 6.42 Å². The maximum absolute atomic E-state index is 11.4. The molecular weight excluding hydrogens is 156 g/mol. The lowest BCUT2D eigenvalue weighted by molar-refractivity contribution is -0.133. The van der Waals surface area contributed by atoms with Crippen molar-refractivity contribution in [2.75, 3.05) is 27.7 Å². The average Bonchev–Trinajstić information content (AvgIpc) is 2.30. The van der Waals surface area contributed by atoms with Crippen LogP contribution in [0.1, 0.15) is 6.42 Å². The second-order valence-corrected chi connectivity index (χ2v) is 3.41. The van der Waals surface area contributed by atoms with Gasteiger partial charge >= 0.3 is 0 Å². The number of amides is 2. The van der Waals surface area contributed by atoms with Gasteiger partial charge in [0.25, 0.3) is 0 Å². The van der Waals surface area contributed by atoms with Crippen LogP contribution in [0.2, 0.25) is 0 Å². The van der Waals surface area contributed by atoms with Crippen LogP contribution in [0.25, 0.3) is 0 Å². The summed E-state index contributed by atoms with van der Waals surface area (Å²) in [4.78, 5) is 25.6. The van der Waals surface area contributed by atoms with Crippen LogP contribution in [-0.4, -0.2) is 49.3 Å². The minimum Gasteiger partial charge on any atom is -0.349 e. The van der Waals surface area contributed by atoms with Crippen molar-refractivity contribution in [3.8, 4) is 0 Å². The van der Waals surface area contributed by atoms with Crippen LogP contribution in [0.4, 0.5) is 0 Å². The number of nitrogens with zero attached hydrogens (tertiary/aromatic N) is 2. The van der Waals surface area contributed by atoms with Crippen LogP contribution in [0.15, 0.2) is 0 Å². The molecule has 1 fully saturated rings. The number of carbonyl (C=O) groups is 2. The molecule has 1 atom stereocenters. The van der Waals surface area contributed by atoms with Crippen molar-refractivity contribution >= 4 is 11.8 Å². The first-order valence-electron chi connectivity index (χ1n) is 3.97. The Balaban J connectivity index is 2.57. The fraction of sp³-hybridized carbons (Fsp3) is 0.750. The maximum atomic E-state index is 11.4. The van der Waals surface area contributed by atoms with E-state index in [0.717, 1.165) is 0 Å². The lowest BCUT2D eigenvalue weighted by atomic mass is 10.1. The molecule has 1 unspecified atom stereocenters. The molecule has 68 valence electrons. The Morgan fingerprint density at radius 1 is 1.58 bits per heavy atom. The quantitative estimate of drug-likeness (QED) is 0.535. The first-order valence-corrected chi connectivity index (χ1v) is 3.97. The van der Waals surface area contributed by atoms with Crippen molar-refractivity contribution in [2.24, 2.45) is 5.92 Å². The highest BCUT2D eigenvalue weighted by Gasteiger charge is 2.32. The van der Waals surface area contributed by atoms with Crippen molar-refractivity contribution in [3.05, 3.63) is 0 Å². The molecule has 4 nitrogen and oxygen atoms in total. The van der Waals surface area contributed by atoms with E-state index in [1.54, 1.807) is 26.0 Å². The van der Waals surface area contributed by atoms with E-state index in [2.05, 4.69) is 0 Å². The zero-order valence-corrected chi connectivity index (χ0v) is 7.70. The number of rotatable bonds is 1. The maximum Gasteiger partial charge on any atom is 0.227 e. The van der Waals surface area contributed by atoms with Gasteiger partial charge in [0.1, 0.15) is 0 Å². The van der Waals surface area contributed by atoms with Crippen molar-refractivity contribution < 1.29 is 9.59 Å². The first kappa shape index (κ1) is 9.03. The number of carbonyl (C=O) groups excluding carboxylic acids is 2. The molecule has 0 bridgehead atoms. The van der Waals surface area contributed by atoms with Gasteiger partial charge in [-0.2, -0.15) is 0 Å². The van der Waals surface area contributed by atoms with Gasteiger partial charge < -0.3 is 9.80 Å². The lowest BCUT2D eigenvalue weighted by Crippen LogP contribution is -2.31. The molecule has 12 heavy (non-hydrogen) atoms. The van der Waals surface area contributed by atoms with Gasteiger partial charge in [0.15, 0.2) is 0 Å². The van der Waals surface area contributed by atoms with Gasteiger partial charge in [0, 0.05) is 34.1 Å². The molecule has 0 saturated carbocycles. The zero-order chi connectivity index (χ0) is 9.30. The average molecular weight is 170 g/mol. The molecule has 4 heteroatoms. The fourth-order valence-corrected chi connectivity index (χ4v) is 1.39. The highest BCUT2D eigenvalue weighted by molar-refractivity contribution is 5.88. The summed E-state index contributed by atoms with van der Waals surface area (Å²) in [5, 5.41) is 0. The van der Waals surface area contributed by atoms with E-state index in [9.17, 15) is 9.59 Å². The second-order valence-electron chi connectivity index (χ2n) is 3.41. The third-order valence-electron chi connectivity index (χ3n) is 2.13.